The third kappa shape index (κ3) is 6.57. The number of nitro benzene ring substituents is 1. The fourth-order valence-corrected chi connectivity index (χ4v) is 5.48. The van der Waals surface area contributed by atoms with Gasteiger partial charge in [0.2, 0.25) is 0 Å². The van der Waals surface area contributed by atoms with Gasteiger partial charge in [-0.3, -0.25) is 19.5 Å². The Morgan fingerprint density at radius 3 is 2.59 bits per heavy atom. The predicted octanol–water partition coefficient (Wildman–Crippen LogP) is 4.53. The minimum Gasteiger partial charge on any atom is -0.493 e. The first-order chi connectivity index (χ1) is 19.5. The molecule has 2 heterocycles. The maximum atomic E-state index is 13.9. The largest absolute Gasteiger partial charge is 0.493 e. The van der Waals surface area contributed by atoms with Crippen molar-refractivity contribution >= 4 is 29.1 Å². The molecule has 0 aliphatic carbocycles. The number of hydrogen-bond donors (Lipinski definition) is 0. The van der Waals surface area contributed by atoms with Crippen LogP contribution in [0, 0.1) is 16.0 Å². The molecule has 0 saturated heterocycles. The topological polar surface area (TPSA) is 122 Å². The first-order valence-corrected chi connectivity index (χ1v) is 14.1. The van der Waals surface area contributed by atoms with Gasteiger partial charge in [0.25, 0.3) is 11.2 Å². The first-order valence-electron chi connectivity index (χ1n) is 13.3. The number of aromatic nitrogens is 1. The third-order valence-corrected chi connectivity index (χ3v) is 7.40. The molecule has 1 aliphatic heterocycles. The molecule has 0 fully saturated rings. The van der Waals surface area contributed by atoms with Crippen LogP contribution in [0.15, 0.2) is 63.5 Å². The second-order valence-corrected chi connectivity index (χ2v) is 11.3. The van der Waals surface area contributed by atoms with Crippen molar-refractivity contribution in [2.24, 2.45) is 10.9 Å². The lowest BCUT2D eigenvalue weighted by atomic mass is 9.95. The van der Waals surface area contributed by atoms with Crippen LogP contribution in [0.1, 0.15) is 58.2 Å². The van der Waals surface area contributed by atoms with Crippen molar-refractivity contribution in [1.29, 1.82) is 0 Å². The van der Waals surface area contributed by atoms with Gasteiger partial charge in [0.05, 0.1) is 46.6 Å². The molecule has 1 unspecified atom stereocenters. The molecule has 0 saturated carbocycles. The van der Waals surface area contributed by atoms with E-state index in [2.05, 4.69) is 18.8 Å². The molecule has 1 aliphatic rings. The Morgan fingerprint density at radius 1 is 1.17 bits per heavy atom. The van der Waals surface area contributed by atoms with Gasteiger partial charge < -0.3 is 14.2 Å². The van der Waals surface area contributed by atoms with Crippen molar-refractivity contribution < 1.29 is 23.9 Å². The summed E-state index contributed by atoms with van der Waals surface area (Å²) in [5, 5.41) is 11.3. The maximum Gasteiger partial charge on any atom is 0.338 e. The number of allylic oxidation sites excluding steroid dienone is 1. The van der Waals surface area contributed by atoms with Crippen LogP contribution in [0.2, 0.25) is 0 Å². The fourth-order valence-electron chi connectivity index (χ4n) is 4.43. The summed E-state index contributed by atoms with van der Waals surface area (Å²) in [5.41, 5.74) is 1.32. The van der Waals surface area contributed by atoms with Gasteiger partial charge in [-0.05, 0) is 62.4 Å². The highest BCUT2D eigenvalue weighted by atomic mass is 32.1. The lowest BCUT2D eigenvalue weighted by molar-refractivity contribution is -0.384. The Bertz CT molecular complexity index is 1680. The Morgan fingerprint density at radius 2 is 1.93 bits per heavy atom. The second-order valence-electron chi connectivity index (χ2n) is 10.3. The Hall–Kier alpha value is -4.25. The van der Waals surface area contributed by atoms with Crippen molar-refractivity contribution in [1.82, 2.24) is 4.57 Å². The van der Waals surface area contributed by atoms with E-state index in [-0.39, 0.29) is 22.9 Å². The molecule has 10 nitrogen and oxygen atoms in total. The van der Waals surface area contributed by atoms with E-state index < -0.39 is 16.9 Å². The van der Waals surface area contributed by atoms with Crippen LogP contribution >= 0.6 is 11.3 Å². The molecule has 216 valence electrons. The molecule has 0 amide bonds. The van der Waals surface area contributed by atoms with Crippen molar-refractivity contribution in [3.05, 3.63) is 94.7 Å². The summed E-state index contributed by atoms with van der Waals surface area (Å²) < 4.78 is 18.9. The van der Waals surface area contributed by atoms with Gasteiger partial charge >= 0.3 is 5.97 Å². The van der Waals surface area contributed by atoms with Gasteiger partial charge in [-0.1, -0.05) is 43.4 Å². The van der Waals surface area contributed by atoms with Gasteiger partial charge in [0.15, 0.2) is 16.3 Å². The molecule has 11 heteroatoms. The van der Waals surface area contributed by atoms with E-state index in [0.717, 1.165) is 17.8 Å². The average Bonchev–Trinajstić information content (AvgIpc) is 3.21. The van der Waals surface area contributed by atoms with Crippen molar-refractivity contribution in [3.63, 3.8) is 0 Å². The number of benzene rings is 2. The Balaban J connectivity index is 1.88. The highest BCUT2D eigenvalue weighted by molar-refractivity contribution is 7.07. The summed E-state index contributed by atoms with van der Waals surface area (Å²) in [4.78, 5) is 43.0. The van der Waals surface area contributed by atoms with Crippen molar-refractivity contribution in [2.75, 3.05) is 13.7 Å². The zero-order valence-corrected chi connectivity index (χ0v) is 24.7. The summed E-state index contributed by atoms with van der Waals surface area (Å²) in [5.74, 6) is 0.930. The quantitative estimate of drug-likeness (QED) is 0.197. The molecule has 41 heavy (non-hydrogen) atoms. The van der Waals surface area contributed by atoms with Crippen LogP contribution in [-0.4, -0.2) is 35.3 Å². The van der Waals surface area contributed by atoms with Crippen molar-refractivity contribution in [3.8, 4) is 11.5 Å². The predicted molar refractivity (Wildman–Crippen MR) is 156 cm³/mol. The molecule has 0 spiro atoms. The number of thiazole rings is 1. The van der Waals surface area contributed by atoms with Gasteiger partial charge in [-0.2, -0.15) is 0 Å². The molecule has 0 N–H and O–H groups in total. The summed E-state index contributed by atoms with van der Waals surface area (Å²) >= 11 is 1.14. The number of carbonyl (C=O) groups excluding carboxylic acids is 1. The molecule has 0 bridgehead atoms. The zero-order valence-electron chi connectivity index (χ0n) is 23.9. The fraction of sp³-hybridized carbons (Fsp3) is 0.367. The summed E-state index contributed by atoms with van der Waals surface area (Å²) in [6, 6.07) is 10.5. The second kappa shape index (κ2) is 12.5. The molecular formula is C30H33N3O7S. The Kier molecular flexibility index (Phi) is 9.07. The van der Waals surface area contributed by atoms with Crippen LogP contribution in [0.5, 0.6) is 11.5 Å². The minimum atomic E-state index is -0.844. The molecular weight excluding hydrogens is 546 g/mol. The highest BCUT2D eigenvalue weighted by Gasteiger charge is 2.34. The number of methoxy groups -OCH3 is 1. The number of fused-ring (bicyclic) bond motifs is 1. The summed E-state index contributed by atoms with van der Waals surface area (Å²) in [6.45, 7) is 9.97. The lowest BCUT2D eigenvalue weighted by Gasteiger charge is -2.26. The number of hydrogen-bond acceptors (Lipinski definition) is 9. The minimum absolute atomic E-state index is 0.0817. The third-order valence-electron chi connectivity index (χ3n) is 6.42. The van der Waals surface area contributed by atoms with Crippen LogP contribution in [0.25, 0.3) is 6.08 Å². The number of esters is 1. The first kappa shape index (κ1) is 29.7. The van der Waals surface area contributed by atoms with E-state index in [1.807, 2.05) is 0 Å². The zero-order chi connectivity index (χ0) is 29.8. The number of rotatable bonds is 10. The number of non-ortho nitro benzene ring substituents is 1. The number of nitro groups is 1. The van der Waals surface area contributed by atoms with Crippen molar-refractivity contribution in [2.45, 2.75) is 53.2 Å². The smallest absolute Gasteiger partial charge is 0.338 e. The molecule has 2 aromatic carbocycles. The Labute approximate surface area is 241 Å². The number of carbonyl (C=O) groups is 1. The van der Waals surface area contributed by atoms with E-state index in [1.165, 1.54) is 23.8 Å². The van der Waals surface area contributed by atoms with Gasteiger partial charge in [-0.15, -0.1) is 0 Å². The molecule has 4 rings (SSSR count). The van der Waals surface area contributed by atoms with E-state index in [4.69, 9.17) is 14.2 Å². The van der Waals surface area contributed by atoms with Gasteiger partial charge in [-0.25, -0.2) is 9.79 Å². The van der Waals surface area contributed by atoms with E-state index >= 15 is 0 Å². The highest BCUT2D eigenvalue weighted by Crippen LogP contribution is 2.36. The lowest BCUT2D eigenvalue weighted by Crippen LogP contribution is -2.40. The van der Waals surface area contributed by atoms with Crippen LogP contribution in [-0.2, 0) is 9.53 Å². The summed E-state index contributed by atoms with van der Waals surface area (Å²) in [7, 11) is 1.54. The maximum absolute atomic E-state index is 13.9. The average molecular weight is 580 g/mol. The number of nitrogens with zero attached hydrogens (tertiary/aromatic N) is 3. The van der Waals surface area contributed by atoms with Gasteiger partial charge in [0.1, 0.15) is 0 Å². The van der Waals surface area contributed by atoms with E-state index in [9.17, 15) is 19.7 Å². The van der Waals surface area contributed by atoms with Crippen LogP contribution in [0.4, 0.5) is 5.69 Å². The van der Waals surface area contributed by atoms with Gasteiger partial charge in [0, 0.05) is 12.1 Å². The summed E-state index contributed by atoms with van der Waals surface area (Å²) in [6.07, 6.45) is 2.08. The van der Waals surface area contributed by atoms with E-state index in [0.29, 0.717) is 50.2 Å². The molecule has 3 aromatic rings. The molecule has 1 aromatic heterocycles. The monoisotopic (exact) mass is 579 g/mol. The standard InChI is InChI=1S/C30H33N3O7S/c1-17(2)12-13-39-23-11-10-21(16-24(23)38-6)27-26(29(35)40-18(3)4)19(5)31-30-32(27)28(34)25(41-30)15-20-8-7-9-22(14-20)33(36)37/h7-11,14-18,27H,12-13H2,1-6H3/b25-15-. The van der Waals surface area contributed by atoms with Crippen LogP contribution in [0.3, 0.4) is 0 Å². The SMILES string of the molecule is COc1cc(C2C(C(=O)OC(C)C)=C(C)N=c3s/c(=C\c4cccc([N+](=O)[O-])c4)c(=O)n32)ccc1OCCC(C)C. The van der Waals surface area contributed by atoms with E-state index in [1.54, 1.807) is 57.2 Å². The van der Waals surface area contributed by atoms with Crippen LogP contribution < -0.4 is 24.4 Å². The molecule has 1 atom stereocenters. The molecule has 0 radical (unpaired) electrons. The normalized spacial score (nSPS) is 15.1. The number of ether oxygens (including phenoxy) is 3.